The monoisotopic (exact) mass is 544 g/mol. The van der Waals surface area contributed by atoms with Crippen LogP contribution in [0.3, 0.4) is 0 Å². The Hall–Kier alpha value is -3.32. The van der Waals surface area contributed by atoms with Gasteiger partial charge in [-0.3, -0.25) is 5.10 Å². The van der Waals surface area contributed by atoms with Crippen molar-refractivity contribution in [2.45, 2.75) is 36.0 Å². The lowest BCUT2D eigenvalue weighted by Gasteiger charge is -2.13. The summed E-state index contributed by atoms with van der Waals surface area (Å²) in [6.45, 7) is 1.33. The van der Waals surface area contributed by atoms with Gasteiger partial charge in [-0.2, -0.15) is 26.3 Å². The molecular weight excluding hydrogens is 530 g/mol. The van der Waals surface area contributed by atoms with Crippen LogP contribution >= 0.6 is 23.4 Å². The minimum atomic E-state index is -4.52. The largest absolute Gasteiger partial charge is 0.416 e. The molecule has 2 aromatic carbocycles. The second kappa shape index (κ2) is 9.97. The van der Waals surface area contributed by atoms with Crippen molar-refractivity contribution < 1.29 is 26.3 Å². The molecular formula is C22H15ClF6N6S. The quantitative estimate of drug-likeness (QED) is 0.200. The normalized spacial score (nSPS) is 12.1. The second-order valence-corrected chi connectivity index (χ2v) is 8.89. The fourth-order valence-electron chi connectivity index (χ4n) is 3.25. The summed E-state index contributed by atoms with van der Waals surface area (Å²) in [6.07, 6.45) is -9.03. The number of nitrogens with zero attached hydrogens (tertiary/aromatic N) is 4. The topological polar surface area (TPSA) is 79.4 Å². The maximum absolute atomic E-state index is 13.2. The van der Waals surface area contributed by atoms with Crippen LogP contribution in [0, 0.1) is 6.92 Å². The Morgan fingerprint density at radius 1 is 0.944 bits per heavy atom. The molecule has 188 valence electrons. The summed E-state index contributed by atoms with van der Waals surface area (Å²) in [7, 11) is 0. The molecule has 4 rings (SSSR count). The van der Waals surface area contributed by atoms with Crippen LogP contribution in [0.4, 0.5) is 32.3 Å². The first-order chi connectivity index (χ1) is 16.9. The predicted molar refractivity (Wildman–Crippen MR) is 121 cm³/mol. The van der Waals surface area contributed by atoms with E-state index >= 15 is 0 Å². The number of anilines is 1. The highest BCUT2D eigenvalue weighted by molar-refractivity contribution is 7.99. The number of alkyl halides is 6. The summed E-state index contributed by atoms with van der Waals surface area (Å²) in [4.78, 5) is 12.4. The molecule has 14 heteroatoms. The highest BCUT2D eigenvalue weighted by Gasteiger charge is 2.33. The fourth-order valence-corrected chi connectivity index (χ4v) is 4.22. The highest BCUT2D eigenvalue weighted by atomic mass is 35.5. The number of H-pyrrole nitrogens is 1. The number of rotatable bonds is 6. The van der Waals surface area contributed by atoms with Crippen molar-refractivity contribution in [2.24, 2.45) is 0 Å². The molecule has 4 aromatic rings. The smallest absolute Gasteiger partial charge is 0.350 e. The maximum Gasteiger partial charge on any atom is 0.416 e. The van der Waals surface area contributed by atoms with E-state index in [0.717, 1.165) is 30.0 Å². The van der Waals surface area contributed by atoms with E-state index in [2.05, 4.69) is 30.5 Å². The first-order valence-corrected chi connectivity index (χ1v) is 11.3. The van der Waals surface area contributed by atoms with Crippen LogP contribution in [0.25, 0.3) is 11.4 Å². The van der Waals surface area contributed by atoms with Gasteiger partial charge in [-0.05, 0) is 54.1 Å². The van der Waals surface area contributed by atoms with Crippen LogP contribution in [-0.2, 0) is 18.9 Å². The predicted octanol–water partition coefficient (Wildman–Crippen LogP) is 7.02. The van der Waals surface area contributed by atoms with E-state index in [4.69, 9.17) is 11.6 Å². The summed E-state index contributed by atoms with van der Waals surface area (Å²) in [5, 5.41) is 9.75. The Kier molecular flexibility index (Phi) is 7.14. The van der Waals surface area contributed by atoms with E-state index in [1.54, 1.807) is 0 Å². The van der Waals surface area contributed by atoms with Crippen molar-refractivity contribution in [1.82, 2.24) is 25.1 Å². The lowest BCUT2D eigenvalue weighted by Crippen LogP contribution is -2.12. The number of hydrogen-bond acceptors (Lipinski definition) is 6. The van der Waals surface area contributed by atoms with Crippen LogP contribution in [-0.4, -0.2) is 25.1 Å². The Morgan fingerprint density at radius 2 is 1.69 bits per heavy atom. The number of aromatic amines is 1. The third-order valence-electron chi connectivity index (χ3n) is 4.77. The lowest BCUT2D eigenvalue weighted by atomic mass is 10.1. The summed E-state index contributed by atoms with van der Waals surface area (Å²) < 4.78 is 79.1. The average molecular weight is 545 g/mol. The first kappa shape index (κ1) is 25.8. The number of nitrogens with one attached hydrogen (secondary N) is 2. The van der Waals surface area contributed by atoms with Gasteiger partial charge in [0.25, 0.3) is 0 Å². The summed E-state index contributed by atoms with van der Waals surface area (Å²) in [6, 6.07) is 10.0. The molecule has 36 heavy (non-hydrogen) atoms. The summed E-state index contributed by atoms with van der Waals surface area (Å²) in [5.41, 5.74) is -0.998. The molecule has 0 bridgehead atoms. The molecule has 0 spiro atoms. The minimum absolute atomic E-state index is 0.00207. The number of halogens is 7. The van der Waals surface area contributed by atoms with Crippen LogP contribution in [0.15, 0.2) is 58.7 Å². The Bertz CT molecular complexity index is 1390. The van der Waals surface area contributed by atoms with Gasteiger partial charge in [0.1, 0.15) is 10.2 Å². The van der Waals surface area contributed by atoms with E-state index in [0.29, 0.717) is 5.56 Å². The zero-order valence-corrected chi connectivity index (χ0v) is 19.7. The van der Waals surface area contributed by atoms with Crippen LogP contribution in [0.1, 0.15) is 22.3 Å². The summed E-state index contributed by atoms with van der Waals surface area (Å²) in [5.74, 6) is 0.0974. The van der Waals surface area contributed by atoms with Crippen molar-refractivity contribution in [3.8, 4) is 11.4 Å². The van der Waals surface area contributed by atoms with E-state index in [1.165, 1.54) is 37.3 Å². The van der Waals surface area contributed by atoms with Gasteiger partial charge in [0.05, 0.1) is 11.1 Å². The molecule has 6 nitrogen and oxygen atoms in total. The third-order valence-corrected chi connectivity index (χ3v) is 5.75. The molecule has 0 fully saturated rings. The van der Waals surface area contributed by atoms with Crippen LogP contribution in [0.2, 0.25) is 5.15 Å². The SMILES string of the molecule is Cc1cc(-c2nc(Sc3cc(Cl)nc(NCc4ccccc4C(F)(F)F)n3)n[nH]2)cc(C(F)(F)F)c1. The van der Waals surface area contributed by atoms with Crippen molar-refractivity contribution in [3.05, 3.63) is 75.9 Å². The van der Waals surface area contributed by atoms with Gasteiger partial charge >= 0.3 is 12.4 Å². The Balaban J connectivity index is 1.52. The molecule has 0 saturated heterocycles. The van der Waals surface area contributed by atoms with Gasteiger partial charge in [0.15, 0.2) is 5.82 Å². The third kappa shape index (κ3) is 6.26. The van der Waals surface area contributed by atoms with Crippen molar-refractivity contribution >= 4 is 29.3 Å². The molecule has 0 aliphatic heterocycles. The van der Waals surface area contributed by atoms with Gasteiger partial charge < -0.3 is 5.32 Å². The van der Waals surface area contributed by atoms with Crippen molar-refractivity contribution in [3.63, 3.8) is 0 Å². The van der Waals surface area contributed by atoms with E-state index in [9.17, 15) is 26.3 Å². The molecule has 2 aromatic heterocycles. The average Bonchev–Trinajstić information content (AvgIpc) is 3.24. The van der Waals surface area contributed by atoms with Crippen molar-refractivity contribution in [2.75, 3.05) is 5.32 Å². The molecule has 0 saturated carbocycles. The Labute approximate surface area is 209 Å². The molecule has 0 aliphatic rings. The number of benzene rings is 2. The Morgan fingerprint density at radius 3 is 2.42 bits per heavy atom. The molecule has 2 N–H and O–H groups in total. The zero-order valence-electron chi connectivity index (χ0n) is 18.2. The van der Waals surface area contributed by atoms with Gasteiger partial charge in [-0.15, -0.1) is 5.10 Å². The highest BCUT2D eigenvalue weighted by Crippen LogP contribution is 2.34. The molecule has 0 aliphatic carbocycles. The lowest BCUT2D eigenvalue weighted by molar-refractivity contribution is -0.138. The van der Waals surface area contributed by atoms with Gasteiger partial charge in [0.2, 0.25) is 11.1 Å². The van der Waals surface area contributed by atoms with Crippen molar-refractivity contribution in [1.29, 1.82) is 0 Å². The first-order valence-electron chi connectivity index (χ1n) is 10.1. The standard InChI is InChI=1S/C22H15ClF6N6S/c1-11-6-13(8-14(7-11)21(24,25)26)18-33-20(35-34-18)36-17-9-16(23)31-19(32-17)30-10-12-4-2-3-5-15(12)22(27,28)29/h2-9H,10H2,1H3,(H,30,31,32)(H,33,34,35). The van der Waals surface area contributed by atoms with Gasteiger partial charge in [-0.1, -0.05) is 29.8 Å². The molecule has 0 amide bonds. The van der Waals surface area contributed by atoms with E-state index in [1.807, 2.05) is 0 Å². The van der Waals surface area contributed by atoms with Gasteiger partial charge in [0, 0.05) is 18.2 Å². The number of hydrogen-bond donors (Lipinski definition) is 2. The maximum atomic E-state index is 13.2. The second-order valence-electron chi connectivity index (χ2n) is 7.52. The van der Waals surface area contributed by atoms with Gasteiger partial charge in [-0.25, -0.2) is 15.0 Å². The van der Waals surface area contributed by atoms with E-state index in [-0.39, 0.29) is 44.8 Å². The van der Waals surface area contributed by atoms with E-state index < -0.39 is 23.5 Å². The molecule has 0 unspecified atom stereocenters. The molecule has 0 atom stereocenters. The summed E-state index contributed by atoms with van der Waals surface area (Å²) >= 11 is 6.98. The zero-order chi connectivity index (χ0) is 26.1. The number of aromatic nitrogens is 5. The van der Waals surface area contributed by atoms with Crippen LogP contribution < -0.4 is 5.32 Å². The molecule has 0 radical (unpaired) electrons. The van der Waals surface area contributed by atoms with Crippen LogP contribution in [0.5, 0.6) is 0 Å². The molecule has 2 heterocycles. The minimum Gasteiger partial charge on any atom is -0.350 e. The number of aryl methyl sites for hydroxylation is 1. The fraction of sp³-hybridized carbons (Fsp3) is 0.182.